The quantitative estimate of drug-likeness (QED) is 0.627. The lowest BCUT2D eigenvalue weighted by Gasteiger charge is -2.16. The van der Waals surface area contributed by atoms with Crippen molar-refractivity contribution < 1.29 is 19.8 Å². The van der Waals surface area contributed by atoms with Crippen molar-refractivity contribution in [1.29, 1.82) is 0 Å². The van der Waals surface area contributed by atoms with Crippen molar-refractivity contribution in [3.63, 3.8) is 0 Å². The predicted molar refractivity (Wildman–Crippen MR) is 45.2 cm³/mol. The molecular formula is C9H12O4. The van der Waals surface area contributed by atoms with Crippen molar-refractivity contribution in [2.45, 2.75) is 13.8 Å². The second-order valence-electron chi connectivity index (χ2n) is 3.45. The smallest absolute Gasteiger partial charge is 0.311 e. The maximum Gasteiger partial charge on any atom is 0.311 e. The number of carboxylic acid groups (broad SMARTS) is 2. The van der Waals surface area contributed by atoms with Crippen LogP contribution in [0.25, 0.3) is 0 Å². The van der Waals surface area contributed by atoms with E-state index in [1.54, 1.807) is 19.9 Å². The molecule has 0 amide bonds. The highest BCUT2D eigenvalue weighted by Crippen LogP contribution is 2.36. The molecular weight excluding hydrogens is 172 g/mol. The summed E-state index contributed by atoms with van der Waals surface area (Å²) in [5, 5.41) is 17.6. The minimum Gasteiger partial charge on any atom is -0.481 e. The van der Waals surface area contributed by atoms with Gasteiger partial charge in [-0.1, -0.05) is 18.6 Å². The SMILES string of the molecule is CC1=CC(C)C(C(=O)O)C1C(=O)O. The van der Waals surface area contributed by atoms with Gasteiger partial charge < -0.3 is 10.2 Å². The largest absolute Gasteiger partial charge is 0.481 e. The number of carboxylic acids is 2. The van der Waals surface area contributed by atoms with Crippen molar-refractivity contribution in [2.75, 3.05) is 0 Å². The van der Waals surface area contributed by atoms with Crippen LogP contribution in [0.15, 0.2) is 11.6 Å². The molecule has 0 saturated heterocycles. The summed E-state index contributed by atoms with van der Waals surface area (Å²) in [6.07, 6.45) is 1.72. The van der Waals surface area contributed by atoms with E-state index in [2.05, 4.69) is 0 Å². The van der Waals surface area contributed by atoms with E-state index in [1.165, 1.54) is 0 Å². The zero-order valence-corrected chi connectivity index (χ0v) is 7.52. The van der Waals surface area contributed by atoms with E-state index >= 15 is 0 Å². The third kappa shape index (κ3) is 1.56. The van der Waals surface area contributed by atoms with E-state index in [1.807, 2.05) is 0 Å². The van der Waals surface area contributed by atoms with Crippen molar-refractivity contribution in [3.05, 3.63) is 11.6 Å². The Hall–Kier alpha value is -1.32. The van der Waals surface area contributed by atoms with E-state index in [-0.39, 0.29) is 5.92 Å². The first-order chi connectivity index (χ1) is 5.95. The molecule has 0 heterocycles. The predicted octanol–water partition coefficient (Wildman–Crippen LogP) is 0.984. The number of aliphatic carboxylic acids is 2. The Morgan fingerprint density at radius 3 is 2.15 bits per heavy atom. The Morgan fingerprint density at radius 1 is 1.31 bits per heavy atom. The van der Waals surface area contributed by atoms with Crippen LogP contribution in [0.1, 0.15) is 13.8 Å². The van der Waals surface area contributed by atoms with Gasteiger partial charge in [0.1, 0.15) is 0 Å². The molecule has 3 unspecified atom stereocenters. The number of hydrogen-bond donors (Lipinski definition) is 2. The Labute approximate surface area is 75.9 Å². The molecule has 0 bridgehead atoms. The van der Waals surface area contributed by atoms with Crippen LogP contribution in [0.4, 0.5) is 0 Å². The van der Waals surface area contributed by atoms with Gasteiger partial charge in [-0.05, 0) is 12.8 Å². The van der Waals surface area contributed by atoms with E-state index in [9.17, 15) is 9.59 Å². The van der Waals surface area contributed by atoms with Crippen LogP contribution in [0, 0.1) is 17.8 Å². The summed E-state index contributed by atoms with van der Waals surface area (Å²) in [4.78, 5) is 21.5. The Balaban J connectivity index is 2.97. The third-order valence-electron chi connectivity index (χ3n) is 2.49. The molecule has 13 heavy (non-hydrogen) atoms. The van der Waals surface area contributed by atoms with Gasteiger partial charge >= 0.3 is 11.9 Å². The number of allylic oxidation sites excluding steroid dienone is 1. The van der Waals surface area contributed by atoms with Gasteiger partial charge in [-0.3, -0.25) is 9.59 Å². The molecule has 0 aromatic heterocycles. The minimum absolute atomic E-state index is 0.196. The van der Waals surface area contributed by atoms with Crippen LogP contribution in [0.2, 0.25) is 0 Å². The number of rotatable bonds is 2. The Bertz CT molecular complexity index is 279. The normalized spacial score (nSPS) is 32.8. The molecule has 0 saturated carbocycles. The second kappa shape index (κ2) is 3.20. The van der Waals surface area contributed by atoms with Crippen LogP contribution < -0.4 is 0 Å². The van der Waals surface area contributed by atoms with E-state index in [0.29, 0.717) is 5.57 Å². The van der Waals surface area contributed by atoms with Gasteiger partial charge in [0.2, 0.25) is 0 Å². The molecule has 1 aliphatic rings. The zero-order chi connectivity index (χ0) is 10.2. The fourth-order valence-electron chi connectivity index (χ4n) is 1.92. The molecule has 2 N–H and O–H groups in total. The van der Waals surface area contributed by atoms with E-state index < -0.39 is 23.8 Å². The van der Waals surface area contributed by atoms with Crippen LogP contribution in [-0.4, -0.2) is 22.2 Å². The summed E-state index contributed by atoms with van der Waals surface area (Å²) < 4.78 is 0. The van der Waals surface area contributed by atoms with Crippen LogP contribution >= 0.6 is 0 Å². The molecule has 0 aromatic carbocycles. The molecule has 1 aliphatic carbocycles. The van der Waals surface area contributed by atoms with Crippen LogP contribution in [0.5, 0.6) is 0 Å². The first-order valence-electron chi connectivity index (χ1n) is 4.09. The van der Waals surface area contributed by atoms with Crippen molar-refractivity contribution in [1.82, 2.24) is 0 Å². The average molecular weight is 184 g/mol. The topological polar surface area (TPSA) is 74.6 Å². The van der Waals surface area contributed by atoms with Crippen molar-refractivity contribution in [2.24, 2.45) is 17.8 Å². The second-order valence-corrected chi connectivity index (χ2v) is 3.45. The maximum atomic E-state index is 10.8. The molecule has 3 atom stereocenters. The van der Waals surface area contributed by atoms with Crippen LogP contribution in [0.3, 0.4) is 0 Å². The Morgan fingerprint density at radius 2 is 1.85 bits per heavy atom. The van der Waals surface area contributed by atoms with Gasteiger partial charge in [0.25, 0.3) is 0 Å². The fraction of sp³-hybridized carbons (Fsp3) is 0.556. The van der Waals surface area contributed by atoms with Crippen molar-refractivity contribution >= 4 is 11.9 Å². The zero-order valence-electron chi connectivity index (χ0n) is 7.52. The highest BCUT2D eigenvalue weighted by atomic mass is 16.4. The lowest BCUT2D eigenvalue weighted by molar-refractivity contribution is -0.152. The highest BCUT2D eigenvalue weighted by molar-refractivity contribution is 5.84. The van der Waals surface area contributed by atoms with Gasteiger partial charge in [-0.25, -0.2) is 0 Å². The van der Waals surface area contributed by atoms with Crippen LogP contribution in [-0.2, 0) is 9.59 Å². The summed E-state index contributed by atoms with van der Waals surface area (Å²) in [5.74, 6) is -3.94. The van der Waals surface area contributed by atoms with Crippen molar-refractivity contribution in [3.8, 4) is 0 Å². The molecule has 0 radical (unpaired) electrons. The Kier molecular flexibility index (Phi) is 2.40. The third-order valence-corrected chi connectivity index (χ3v) is 2.49. The van der Waals surface area contributed by atoms with Gasteiger partial charge in [-0.15, -0.1) is 0 Å². The molecule has 4 heteroatoms. The van der Waals surface area contributed by atoms with Gasteiger partial charge in [0.15, 0.2) is 0 Å². The summed E-state index contributed by atoms with van der Waals surface area (Å²) in [6.45, 7) is 3.39. The van der Waals surface area contributed by atoms with Gasteiger partial charge in [-0.2, -0.15) is 0 Å². The molecule has 0 aliphatic heterocycles. The average Bonchev–Trinajstić information content (AvgIpc) is 2.24. The lowest BCUT2D eigenvalue weighted by Crippen LogP contribution is -2.30. The van der Waals surface area contributed by atoms with Gasteiger partial charge in [0, 0.05) is 0 Å². The maximum absolute atomic E-state index is 10.8. The first-order valence-corrected chi connectivity index (χ1v) is 4.09. The number of hydrogen-bond acceptors (Lipinski definition) is 2. The lowest BCUT2D eigenvalue weighted by atomic mass is 9.87. The standard InChI is InChI=1S/C9H12O4/c1-4-3-5(2)7(9(12)13)6(4)8(10)11/h3-4,6-7H,1-2H3,(H,10,11)(H,12,13). The number of carbonyl (C=O) groups is 2. The summed E-state index contributed by atoms with van der Waals surface area (Å²) in [7, 11) is 0. The van der Waals surface area contributed by atoms with E-state index in [4.69, 9.17) is 10.2 Å². The molecule has 0 aromatic rings. The molecule has 0 fully saturated rings. The first kappa shape index (κ1) is 9.77. The summed E-state index contributed by atoms with van der Waals surface area (Å²) >= 11 is 0. The summed E-state index contributed by atoms with van der Waals surface area (Å²) in [5.41, 5.74) is 0.646. The summed E-state index contributed by atoms with van der Waals surface area (Å²) in [6, 6.07) is 0. The highest BCUT2D eigenvalue weighted by Gasteiger charge is 2.42. The molecule has 72 valence electrons. The minimum atomic E-state index is -1.05. The molecule has 0 spiro atoms. The molecule has 4 nitrogen and oxygen atoms in total. The van der Waals surface area contributed by atoms with E-state index in [0.717, 1.165) is 0 Å². The van der Waals surface area contributed by atoms with Gasteiger partial charge in [0.05, 0.1) is 11.8 Å². The monoisotopic (exact) mass is 184 g/mol. The fourth-order valence-corrected chi connectivity index (χ4v) is 1.92. The molecule has 1 rings (SSSR count).